The Morgan fingerprint density at radius 2 is 2.47 bits per heavy atom. The van der Waals surface area contributed by atoms with Gasteiger partial charge in [0.1, 0.15) is 5.03 Å². The molecule has 1 aromatic rings. The first-order valence-corrected chi connectivity index (χ1v) is 5.95. The van der Waals surface area contributed by atoms with Crippen molar-refractivity contribution >= 4 is 17.7 Å². The molecule has 0 radical (unpaired) electrons. The summed E-state index contributed by atoms with van der Waals surface area (Å²) in [4.78, 5) is 11.2. The van der Waals surface area contributed by atoms with Gasteiger partial charge in [-0.25, -0.2) is 0 Å². The van der Waals surface area contributed by atoms with E-state index < -0.39 is 0 Å². The molecule has 1 aromatic heterocycles. The molecule has 0 aliphatic carbocycles. The maximum atomic E-state index is 11.2. The van der Waals surface area contributed by atoms with Crippen LogP contribution in [-0.4, -0.2) is 33.7 Å². The lowest BCUT2D eigenvalue weighted by Crippen LogP contribution is -2.08. The van der Waals surface area contributed by atoms with Crippen molar-refractivity contribution in [2.75, 3.05) is 12.4 Å². The molecular formula is C9H15N3O2S. The minimum atomic E-state index is -0.195. The first-order valence-electron chi connectivity index (χ1n) is 4.97. The van der Waals surface area contributed by atoms with Gasteiger partial charge in [0.15, 0.2) is 0 Å². The average Bonchev–Trinajstić information content (AvgIpc) is 2.74. The van der Waals surface area contributed by atoms with Crippen molar-refractivity contribution in [2.24, 2.45) is 0 Å². The van der Waals surface area contributed by atoms with E-state index in [1.54, 1.807) is 6.20 Å². The maximum absolute atomic E-state index is 11.2. The van der Waals surface area contributed by atoms with Crippen molar-refractivity contribution in [1.29, 1.82) is 0 Å². The van der Waals surface area contributed by atoms with Gasteiger partial charge in [-0.2, -0.15) is 10.3 Å². The van der Waals surface area contributed by atoms with E-state index in [4.69, 9.17) is 4.74 Å². The van der Waals surface area contributed by atoms with Gasteiger partial charge in [-0.1, -0.05) is 31.5 Å². The molecule has 0 spiro atoms. The summed E-state index contributed by atoms with van der Waals surface area (Å²) >= 11 is 1.32. The highest BCUT2D eigenvalue weighted by Crippen LogP contribution is 2.12. The van der Waals surface area contributed by atoms with Crippen LogP contribution >= 0.6 is 11.8 Å². The predicted octanol–water partition coefficient (Wildman–Crippen LogP) is 1.63. The topological polar surface area (TPSA) is 67.9 Å². The number of rotatable bonds is 7. The molecule has 0 amide bonds. The molecule has 0 unspecified atom stereocenters. The van der Waals surface area contributed by atoms with Gasteiger partial charge in [-0.15, -0.1) is 5.10 Å². The fourth-order valence-corrected chi connectivity index (χ4v) is 1.55. The highest BCUT2D eigenvalue weighted by molar-refractivity contribution is 7.99. The Balaban J connectivity index is 2.04. The molecule has 0 saturated heterocycles. The molecular weight excluding hydrogens is 214 g/mol. The molecule has 15 heavy (non-hydrogen) atoms. The molecule has 0 fully saturated rings. The minimum absolute atomic E-state index is 0.195. The maximum Gasteiger partial charge on any atom is 0.316 e. The van der Waals surface area contributed by atoms with Gasteiger partial charge in [0.25, 0.3) is 0 Å². The van der Waals surface area contributed by atoms with Crippen molar-refractivity contribution in [3.63, 3.8) is 0 Å². The Kier molecular flexibility index (Phi) is 5.84. The molecule has 0 atom stereocenters. The number of hydrogen-bond acceptors (Lipinski definition) is 5. The van der Waals surface area contributed by atoms with Crippen LogP contribution in [0.1, 0.15) is 26.2 Å². The van der Waals surface area contributed by atoms with Gasteiger partial charge in [0.2, 0.25) is 0 Å². The fourth-order valence-electron chi connectivity index (χ4n) is 0.973. The number of esters is 1. The average molecular weight is 229 g/mol. The van der Waals surface area contributed by atoms with Gasteiger partial charge in [0, 0.05) is 0 Å². The molecule has 0 aromatic carbocycles. The van der Waals surface area contributed by atoms with E-state index in [1.807, 2.05) is 0 Å². The number of ether oxygens (including phenoxy) is 1. The molecule has 84 valence electrons. The lowest BCUT2D eigenvalue weighted by Gasteiger charge is -2.02. The summed E-state index contributed by atoms with van der Waals surface area (Å²) in [5.41, 5.74) is 0. The Morgan fingerprint density at radius 1 is 1.60 bits per heavy atom. The summed E-state index contributed by atoms with van der Waals surface area (Å²) in [6.07, 6.45) is 4.75. The monoisotopic (exact) mass is 229 g/mol. The van der Waals surface area contributed by atoms with Crippen LogP contribution in [0.4, 0.5) is 0 Å². The second-order valence-corrected chi connectivity index (χ2v) is 4.02. The Morgan fingerprint density at radius 3 is 3.13 bits per heavy atom. The van der Waals surface area contributed by atoms with Crippen molar-refractivity contribution in [1.82, 2.24) is 15.4 Å². The van der Waals surface area contributed by atoms with E-state index in [1.165, 1.54) is 11.8 Å². The van der Waals surface area contributed by atoms with Crippen LogP contribution in [0.2, 0.25) is 0 Å². The van der Waals surface area contributed by atoms with E-state index in [-0.39, 0.29) is 5.97 Å². The normalized spacial score (nSPS) is 10.2. The third-order valence-electron chi connectivity index (χ3n) is 1.74. The van der Waals surface area contributed by atoms with Crippen LogP contribution < -0.4 is 0 Å². The third kappa shape index (κ3) is 5.41. The quantitative estimate of drug-likeness (QED) is 0.437. The summed E-state index contributed by atoms with van der Waals surface area (Å²) in [7, 11) is 0. The number of aromatic amines is 1. The minimum Gasteiger partial charge on any atom is -0.465 e. The van der Waals surface area contributed by atoms with Gasteiger partial charge in [0.05, 0.1) is 18.6 Å². The van der Waals surface area contributed by atoms with Crippen LogP contribution in [-0.2, 0) is 9.53 Å². The van der Waals surface area contributed by atoms with E-state index in [0.29, 0.717) is 17.4 Å². The molecule has 5 nitrogen and oxygen atoms in total. The first-order chi connectivity index (χ1) is 7.33. The van der Waals surface area contributed by atoms with Crippen molar-refractivity contribution in [2.45, 2.75) is 31.2 Å². The number of thioether (sulfide) groups is 1. The predicted molar refractivity (Wildman–Crippen MR) is 57.6 cm³/mol. The zero-order chi connectivity index (χ0) is 10.9. The molecule has 1 heterocycles. The van der Waals surface area contributed by atoms with E-state index in [2.05, 4.69) is 22.3 Å². The van der Waals surface area contributed by atoms with E-state index >= 15 is 0 Å². The molecule has 1 N–H and O–H groups in total. The number of carbonyl (C=O) groups is 1. The molecule has 6 heteroatoms. The summed E-state index contributed by atoms with van der Waals surface area (Å²) in [6, 6.07) is 0. The molecule has 0 bridgehead atoms. The zero-order valence-electron chi connectivity index (χ0n) is 8.73. The van der Waals surface area contributed by atoms with Crippen LogP contribution in [0, 0.1) is 0 Å². The van der Waals surface area contributed by atoms with E-state index in [9.17, 15) is 4.79 Å². The number of aromatic nitrogens is 3. The lowest BCUT2D eigenvalue weighted by atomic mass is 10.3. The Bertz CT molecular complexity index is 277. The van der Waals surface area contributed by atoms with Crippen molar-refractivity contribution < 1.29 is 9.53 Å². The number of hydrogen-bond donors (Lipinski definition) is 1. The van der Waals surface area contributed by atoms with E-state index in [0.717, 1.165) is 19.3 Å². The van der Waals surface area contributed by atoms with Gasteiger partial charge in [-0.3, -0.25) is 4.79 Å². The smallest absolute Gasteiger partial charge is 0.316 e. The van der Waals surface area contributed by atoms with Crippen molar-refractivity contribution in [3.05, 3.63) is 6.20 Å². The molecule has 0 aliphatic heterocycles. The first kappa shape index (κ1) is 12.0. The Hall–Kier alpha value is -1.04. The second-order valence-electron chi connectivity index (χ2n) is 3.02. The molecule has 0 saturated carbocycles. The lowest BCUT2D eigenvalue weighted by molar-refractivity contribution is -0.140. The number of nitrogens with zero attached hydrogens (tertiary/aromatic N) is 2. The highest BCUT2D eigenvalue weighted by atomic mass is 32.2. The van der Waals surface area contributed by atoms with Gasteiger partial charge >= 0.3 is 5.97 Å². The zero-order valence-corrected chi connectivity index (χ0v) is 9.55. The molecule has 0 aliphatic rings. The number of carbonyl (C=O) groups excluding carboxylic acids is 1. The number of unbranched alkanes of at least 4 members (excludes halogenated alkanes) is 2. The highest BCUT2D eigenvalue weighted by Gasteiger charge is 2.05. The Labute approximate surface area is 93.0 Å². The van der Waals surface area contributed by atoms with Crippen LogP contribution in [0.25, 0.3) is 0 Å². The largest absolute Gasteiger partial charge is 0.465 e. The van der Waals surface area contributed by atoms with Crippen LogP contribution in [0.5, 0.6) is 0 Å². The van der Waals surface area contributed by atoms with Gasteiger partial charge < -0.3 is 4.74 Å². The summed E-state index contributed by atoms with van der Waals surface area (Å²) in [5, 5.41) is 10.6. The number of nitrogens with one attached hydrogen (secondary N) is 1. The summed E-state index contributed by atoms with van der Waals surface area (Å²) in [5.74, 6) is 0.0951. The van der Waals surface area contributed by atoms with Crippen LogP contribution in [0.3, 0.4) is 0 Å². The van der Waals surface area contributed by atoms with Gasteiger partial charge in [-0.05, 0) is 6.42 Å². The SMILES string of the molecule is CCCCCOC(=O)CSc1cn[nH]n1. The second kappa shape index (κ2) is 7.28. The standard InChI is InChI=1S/C9H15N3O2S/c1-2-3-4-5-14-9(13)7-15-8-6-10-12-11-8/h6H,2-5,7H2,1H3,(H,10,11,12). The van der Waals surface area contributed by atoms with Crippen molar-refractivity contribution in [3.8, 4) is 0 Å². The summed E-state index contributed by atoms with van der Waals surface area (Å²) < 4.78 is 5.02. The third-order valence-corrected chi connectivity index (χ3v) is 2.61. The molecule has 1 rings (SSSR count). The number of H-pyrrole nitrogens is 1. The van der Waals surface area contributed by atoms with Crippen LogP contribution in [0.15, 0.2) is 11.2 Å². The summed E-state index contributed by atoms with van der Waals surface area (Å²) in [6.45, 7) is 2.63. The fraction of sp³-hybridized carbons (Fsp3) is 0.667.